The normalized spacial score (nSPS) is 14.6. The first kappa shape index (κ1) is 18.2. The molecule has 5 heteroatoms. The Morgan fingerprint density at radius 1 is 1.04 bits per heavy atom. The number of carbonyl (C=O) groups is 1. The number of carbonyl (C=O) groups excluding carboxylic acids is 1. The molecule has 1 aliphatic carbocycles. The fourth-order valence-electron chi connectivity index (χ4n) is 3.29. The van der Waals surface area contributed by atoms with Crippen LogP contribution in [-0.4, -0.2) is 25.7 Å². The van der Waals surface area contributed by atoms with Gasteiger partial charge in [0.1, 0.15) is 5.82 Å². The highest BCUT2D eigenvalue weighted by molar-refractivity contribution is 5.89. The van der Waals surface area contributed by atoms with Crippen LogP contribution in [0.4, 0.5) is 20.6 Å². The van der Waals surface area contributed by atoms with Crippen LogP contribution in [0.2, 0.25) is 0 Å². The van der Waals surface area contributed by atoms with Crippen LogP contribution in [0, 0.1) is 5.82 Å². The Morgan fingerprint density at radius 3 is 2.19 bits per heavy atom. The predicted molar refractivity (Wildman–Crippen MR) is 104 cm³/mol. The van der Waals surface area contributed by atoms with Crippen molar-refractivity contribution in [2.75, 3.05) is 29.9 Å². The molecule has 2 aromatic rings. The van der Waals surface area contributed by atoms with Crippen molar-refractivity contribution in [1.29, 1.82) is 0 Å². The number of hydrogen-bond acceptors (Lipinski definition) is 2. The molecule has 26 heavy (non-hydrogen) atoms. The lowest BCUT2D eigenvalue weighted by Crippen LogP contribution is -2.35. The molecule has 2 amide bonds. The van der Waals surface area contributed by atoms with Gasteiger partial charge >= 0.3 is 6.03 Å². The quantitative estimate of drug-likeness (QED) is 0.767. The first-order valence-corrected chi connectivity index (χ1v) is 9.22. The summed E-state index contributed by atoms with van der Waals surface area (Å²) in [5.41, 5.74) is 2.96. The number of nitrogens with one attached hydrogen (secondary N) is 2. The van der Waals surface area contributed by atoms with Gasteiger partial charge in [-0.3, -0.25) is 0 Å². The van der Waals surface area contributed by atoms with Crippen molar-refractivity contribution in [1.82, 2.24) is 5.32 Å². The Bertz CT molecular complexity index is 735. The molecule has 0 bridgehead atoms. The van der Waals surface area contributed by atoms with Crippen LogP contribution in [-0.2, 0) is 5.41 Å². The molecule has 0 saturated heterocycles. The highest BCUT2D eigenvalue weighted by atomic mass is 19.1. The summed E-state index contributed by atoms with van der Waals surface area (Å²) in [6.07, 6.45) is 2.02. The van der Waals surface area contributed by atoms with E-state index in [9.17, 15) is 9.18 Å². The monoisotopic (exact) mass is 355 g/mol. The molecule has 1 aliphatic rings. The second-order valence-corrected chi connectivity index (χ2v) is 6.81. The molecule has 0 unspecified atom stereocenters. The van der Waals surface area contributed by atoms with Crippen LogP contribution in [0.25, 0.3) is 0 Å². The molecule has 138 valence electrons. The maximum absolute atomic E-state index is 13.1. The lowest BCUT2D eigenvalue weighted by molar-refractivity contribution is 0.251. The molecule has 2 N–H and O–H groups in total. The summed E-state index contributed by atoms with van der Waals surface area (Å²) in [4.78, 5) is 14.5. The SMILES string of the molecule is CCN(CC)c1ccc(NC(=O)NCC2(c3ccc(F)cc3)CC2)cc1. The number of anilines is 2. The molecule has 4 nitrogen and oxygen atoms in total. The van der Waals surface area contributed by atoms with E-state index in [4.69, 9.17) is 0 Å². The molecule has 0 aromatic heterocycles. The van der Waals surface area contributed by atoms with Gasteiger partial charge in [-0.05, 0) is 68.7 Å². The van der Waals surface area contributed by atoms with Crippen molar-refractivity contribution in [2.45, 2.75) is 32.1 Å². The van der Waals surface area contributed by atoms with Crippen LogP contribution in [0.1, 0.15) is 32.3 Å². The second-order valence-electron chi connectivity index (χ2n) is 6.81. The average Bonchev–Trinajstić information content (AvgIpc) is 3.44. The number of halogens is 1. The fraction of sp³-hybridized carbons (Fsp3) is 0.381. The zero-order chi connectivity index (χ0) is 18.6. The van der Waals surface area contributed by atoms with E-state index >= 15 is 0 Å². The first-order valence-electron chi connectivity index (χ1n) is 9.22. The van der Waals surface area contributed by atoms with E-state index in [0.29, 0.717) is 6.54 Å². The Kier molecular flexibility index (Phi) is 5.45. The number of rotatable bonds is 7. The highest BCUT2D eigenvalue weighted by Gasteiger charge is 2.44. The van der Waals surface area contributed by atoms with E-state index in [1.165, 1.54) is 12.1 Å². The van der Waals surface area contributed by atoms with Crippen molar-refractivity contribution >= 4 is 17.4 Å². The standard InChI is InChI=1S/C21H26FN3O/c1-3-25(4-2)19-11-9-18(10-12-19)24-20(26)23-15-21(13-14-21)16-5-7-17(22)8-6-16/h5-12H,3-4,13-15H2,1-2H3,(H2,23,24,26). The van der Waals surface area contributed by atoms with E-state index < -0.39 is 0 Å². The third-order valence-corrected chi connectivity index (χ3v) is 5.15. The van der Waals surface area contributed by atoms with Gasteiger partial charge in [0, 0.05) is 36.4 Å². The molecule has 1 fully saturated rings. The topological polar surface area (TPSA) is 44.4 Å². The molecule has 0 spiro atoms. The van der Waals surface area contributed by atoms with E-state index in [1.54, 1.807) is 0 Å². The maximum atomic E-state index is 13.1. The second kappa shape index (κ2) is 7.77. The van der Waals surface area contributed by atoms with Gasteiger partial charge in [0.15, 0.2) is 0 Å². The number of nitrogens with zero attached hydrogens (tertiary/aromatic N) is 1. The lowest BCUT2D eigenvalue weighted by Gasteiger charge is -2.21. The van der Waals surface area contributed by atoms with Gasteiger partial charge in [-0.25, -0.2) is 9.18 Å². The summed E-state index contributed by atoms with van der Waals surface area (Å²) < 4.78 is 13.1. The molecule has 0 radical (unpaired) electrons. The van der Waals surface area contributed by atoms with Crippen molar-refractivity contribution in [3.8, 4) is 0 Å². The summed E-state index contributed by atoms with van der Waals surface area (Å²) >= 11 is 0. The van der Waals surface area contributed by atoms with Crippen LogP contribution in [0.15, 0.2) is 48.5 Å². The van der Waals surface area contributed by atoms with E-state index in [-0.39, 0.29) is 17.3 Å². The molecule has 2 aromatic carbocycles. The Hall–Kier alpha value is -2.56. The molecule has 0 heterocycles. The number of amides is 2. The summed E-state index contributed by atoms with van der Waals surface area (Å²) in [6.45, 7) is 6.71. The van der Waals surface area contributed by atoms with Crippen LogP contribution >= 0.6 is 0 Å². The van der Waals surface area contributed by atoms with Gasteiger partial charge in [-0.2, -0.15) is 0 Å². The summed E-state index contributed by atoms with van der Waals surface area (Å²) in [7, 11) is 0. The van der Waals surface area contributed by atoms with E-state index in [0.717, 1.165) is 42.9 Å². The van der Waals surface area contributed by atoms with Crippen molar-refractivity contribution in [3.05, 3.63) is 59.9 Å². The Balaban J connectivity index is 1.54. The summed E-state index contributed by atoms with van der Waals surface area (Å²) in [5.74, 6) is -0.233. The van der Waals surface area contributed by atoms with Gasteiger partial charge < -0.3 is 15.5 Å². The third kappa shape index (κ3) is 4.15. The first-order chi connectivity index (χ1) is 12.6. The molecule has 0 aliphatic heterocycles. The Morgan fingerprint density at radius 2 is 1.65 bits per heavy atom. The van der Waals surface area contributed by atoms with Crippen molar-refractivity contribution in [3.63, 3.8) is 0 Å². The smallest absolute Gasteiger partial charge is 0.319 e. The van der Waals surface area contributed by atoms with Gasteiger partial charge in [0.2, 0.25) is 0 Å². The van der Waals surface area contributed by atoms with Gasteiger partial charge in [-0.15, -0.1) is 0 Å². The van der Waals surface area contributed by atoms with Gasteiger partial charge in [-0.1, -0.05) is 12.1 Å². The van der Waals surface area contributed by atoms with Crippen LogP contribution in [0.5, 0.6) is 0 Å². The van der Waals surface area contributed by atoms with Crippen LogP contribution < -0.4 is 15.5 Å². The van der Waals surface area contributed by atoms with Crippen molar-refractivity contribution < 1.29 is 9.18 Å². The molecular formula is C21H26FN3O. The largest absolute Gasteiger partial charge is 0.372 e. The number of benzene rings is 2. The highest BCUT2D eigenvalue weighted by Crippen LogP contribution is 2.47. The minimum atomic E-state index is -0.233. The number of urea groups is 1. The molecule has 1 saturated carbocycles. The maximum Gasteiger partial charge on any atom is 0.319 e. The summed E-state index contributed by atoms with van der Waals surface area (Å²) in [5, 5.41) is 5.83. The fourth-order valence-corrected chi connectivity index (χ4v) is 3.29. The van der Waals surface area contributed by atoms with Crippen molar-refractivity contribution in [2.24, 2.45) is 0 Å². The predicted octanol–water partition coefficient (Wildman–Crippen LogP) is 4.53. The zero-order valence-corrected chi connectivity index (χ0v) is 15.4. The Labute approximate surface area is 154 Å². The minimum absolute atomic E-state index is 0.0440. The molecule has 0 atom stereocenters. The average molecular weight is 355 g/mol. The van der Waals surface area contributed by atoms with Gasteiger partial charge in [0.05, 0.1) is 0 Å². The number of hydrogen-bond donors (Lipinski definition) is 2. The van der Waals surface area contributed by atoms with E-state index in [1.807, 2.05) is 36.4 Å². The van der Waals surface area contributed by atoms with Crippen LogP contribution in [0.3, 0.4) is 0 Å². The molecular weight excluding hydrogens is 329 g/mol. The molecule has 3 rings (SSSR count). The minimum Gasteiger partial charge on any atom is -0.372 e. The summed E-state index contributed by atoms with van der Waals surface area (Å²) in [6, 6.07) is 14.2. The van der Waals surface area contributed by atoms with E-state index in [2.05, 4.69) is 29.4 Å². The zero-order valence-electron chi connectivity index (χ0n) is 15.4. The van der Waals surface area contributed by atoms with Gasteiger partial charge in [0.25, 0.3) is 0 Å². The lowest BCUT2D eigenvalue weighted by atomic mass is 9.96. The third-order valence-electron chi connectivity index (χ3n) is 5.15.